The largest absolute Gasteiger partial charge is 0.492 e. The summed E-state index contributed by atoms with van der Waals surface area (Å²) in [6.07, 6.45) is 0. The summed E-state index contributed by atoms with van der Waals surface area (Å²) >= 11 is 0. The molecule has 1 fully saturated rings. The zero-order valence-corrected chi connectivity index (χ0v) is 12.7. The molecule has 1 aromatic rings. The van der Waals surface area contributed by atoms with Crippen LogP contribution < -0.4 is 10.1 Å². The normalized spacial score (nSPS) is 22.4. The Balaban J connectivity index is 1.96. The van der Waals surface area contributed by atoms with E-state index in [1.165, 1.54) is 0 Å². The molecule has 1 N–H and O–H groups in total. The van der Waals surface area contributed by atoms with Gasteiger partial charge in [-0.05, 0) is 25.0 Å². The Morgan fingerprint density at radius 2 is 1.90 bits per heavy atom. The number of para-hydroxylation sites is 1. The van der Waals surface area contributed by atoms with Crippen LogP contribution in [0.15, 0.2) is 30.3 Å². The molecule has 1 saturated heterocycles. The smallest absolute Gasteiger partial charge is 0.246 e. The van der Waals surface area contributed by atoms with E-state index < -0.39 is 12.1 Å². The Kier molecular flexibility index (Phi) is 4.83. The third-order valence-corrected chi connectivity index (χ3v) is 3.70. The average Bonchev–Trinajstić information content (AvgIpc) is 2.47. The summed E-state index contributed by atoms with van der Waals surface area (Å²) in [6, 6.07) is 8.55. The SMILES string of the molecule is CC(C)C1NC(=O)C(C)N(CCOc2ccccc2)C1=O. The van der Waals surface area contributed by atoms with Crippen LogP contribution in [0, 0.1) is 5.92 Å². The lowest BCUT2D eigenvalue weighted by molar-refractivity contribution is -0.150. The Morgan fingerprint density at radius 1 is 1.24 bits per heavy atom. The van der Waals surface area contributed by atoms with Crippen LogP contribution in [0.1, 0.15) is 20.8 Å². The van der Waals surface area contributed by atoms with Gasteiger partial charge in [0.15, 0.2) is 0 Å². The Labute approximate surface area is 125 Å². The van der Waals surface area contributed by atoms with Crippen LogP contribution in [-0.2, 0) is 9.59 Å². The van der Waals surface area contributed by atoms with E-state index in [1.54, 1.807) is 11.8 Å². The monoisotopic (exact) mass is 290 g/mol. The summed E-state index contributed by atoms with van der Waals surface area (Å²) in [5.41, 5.74) is 0. The molecule has 1 heterocycles. The maximum Gasteiger partial charge on any atom is 0.246 e. The summed E-state index contributed by atoms with van der Waals surface area (Å²) < 4.78 is 5.61. The number of nitrogens with one attached hydrogen (secondary N) is 1. The predicted octanol–water partition coefficient (Wildman–Crippen LogP) is 1.44. The molecule has 2 amide bonds. The highest BCUT2D eigenvalue weighted by molar-refractivity contribution is 5.96. The fourth-order valence-electron chi connectivity index (χ4n) is 2.38. The van der Waals surface area contributed by atoms with Crippen LogP contribution in [0.25, 0.3) is 0 Å². The number of amides is 2. The molecular weight excluding hydrogens is 268 g/mol. The highest BCUT2D eigenvalue weighted by Gasteiger charge is 2.39. The van der Waals surface area contributed by atoms with Gasteiger partial charge in [-0.15, -0.1) is 0 Å². The first-order valence-electron chi connectivity index (χ1n) is 7.29. The van der Waals surface area contributed by atoms with Crippen LogP contribution >= 0.6 is 0 Å². The topological polar surface area (TPSA) is 58.6 Å². The summed E-state index contributed by atoms with van der Waals surface area (Å²) in [6.45, 7) is 6.38. The number of benzene rings is 1. The third kappa shape index (κ3) is 3.54. The quantitative estimate of drug-likeness (QED) is 0.892. The Bertz CT molecular complexity index is 502. The molecule has 0 aromatic heterocycles. The van der Waals surface area contributed by atoms with Crippen molar-refractivity contribution in [1.29, 1.82) is 0 Å². The molecule has 0 spiro atoms. The van der Waals surface area contributed by atoms with E-state index in [0.717, 1.165) is 5.75 Å². The van der Waals surface area contributed by atoms with E-state index in [9.17, 15) is 9.59 Å². The predicted molar refractivity (Wildman–Crippen MR) is 79.9 cm³/mol. The van der Waals surface area contributed by atoms with Gasteiger partial charge in [0.2, 0.25) is 11.8 Å². The highest BCUT2D eigenvalue weighted by atomic mass is 16.5. The molecule has 0 saturated carbocycles. The lowest BCUT2D eigenvalue weighted by atomic mass is 9.98. The van der Waals surface area contributed by atoms with Gasteiger partial charge < -0.3 is 15.0 Å². The van der Waals surface area contributed by atoms with Crippen LogP contribution in [0.5, 0.6) is 5.75 Å². The van der Waals surface area contributed by atoms with Gasteiger partial charge in [-0.1, -0.05) is 32.0 Å². The van der Waals surface area contributed by atoms with E-state index in [4.69, 9.17) is 4.74 Å². The summed E-state index contributed by atoms with van der Waals surface area (Å²) in [5.74, 6) is 0.702. The van der Waals surface area contributed by atoms with Crippen molar-refractivity contribution in [3.63, 3.8) is 0 Å². The number of hydrogen-bond donors (Lipinski definition) is 1. The van der Waals surface area contributed by atoms with E-state index in [1.807, 2.05) is 44.2 Å². The molecule has 0 aliphatic carbocycles. The van der Waals surface area contributed by atoms with Gasteiger partial charge in [0.25, 0.3) is 0 Å². The minimum atomic E-state index is -0.452. The molecule has 1 aliphatic heterocycles. The lowest BCUT2D eigenvalue weighted by Crippen LogP contribution is -2.64. The van der Waals surface area contributed by atoms with Crippen molar-refractivity contribution in [3.05, 3.63) is 30.3 Å². The van der Waals surface area contributed by atoms with Gasteiger partial charge in [0, 0.05) is 0 Å². The second kappa shape index (κ2) is 6.61. The first-order chi connectivity index (χ1) is 10.0. The van der Waals surface area contributed by atoms with Gasteiger partial charge in [0.05, 0.1) is 6.54 Å². The molecule has 1 aliphatic rings. The fourth-order valence-corrected chi connectivity index (χ4v) is 2.38. The first-order valence-corrected chi connectivity index (χ1v) is 7.29. The van der Waals surface area contributed by atoms with Crippen LogP contribution in [0.3, 0.4) is 0 Å². The van der Waals surface area contributed by atoms with Crippen LogP contribution in [0.2, 0.25) is 0 Å². The summed E-state index contributed by atoms with van der Waals surface area (Å²) in [5, 5.41) is 2.78. The second-order valence-corrected chi connectivity index (χ2v) is 5.60. The van der Waals surface area contributed by atoms with Crippen molar-refractivity contribution in [2.24, 2.45) is 5.92 Å². The summed E-state index contributed by atoms with van der Waals surface area (Å²) in [4.78, 5) is 26.0. The number of ether oxygens (including phenoxy) is 1. The van der Waals surface area contributed by atoms with E-state index in [2.05, 4.69) is 5.32 Å². The van der Waals surface area contributed by atoms with Crippen molar-refractivity contribution in [2.75, 3.05) is 13.2 Å². The van der Waals surface area contributed by atoms with Crippen molar-refractivity contribution < 1.29 is 14.3 Å². The first kappa shape index (κ1) is 15.4. The highest BCUT2D eigenvalue weighted by Crippen LogP contribution is 2.15. The van der Waals surface area contributed by atoms with Gasteiger partial charge in [-0.2, -0.15) is 0 Å². The molecule has 2 unspecified atom stereocenters. The molecule has 5 nitrogen and oxygen atoms in total. The zero-order chi connectivity index (χ0) is 15.4. The van der Waals surface area contributed by atoms with E-state index in [0.29, 0.717) is 13.2 Å². The second-order valence-electron chi connectivity index (χ2n) is 5.60. The summed E-state index contributed by atoms with van der Waals surface area (Å²) in [7, 11) is 0. The standard InChI is InChI=1S/C16H22N2O3/c1-11(2)14-16(20)18(12(3)15(19)17-14)9-10-21-13-7-5-4-6-8-13/h4-8,11-12,14H,9-10H2,1-3H3,(H,17,19). The molecule has 114 valence electrons. The molecule has 5 heteroatoms. The van der Waals surface area contributed by atoms with Gasteiger partial charge in [0.1, 0.15) is 24.4 Å². The van der Waals surface area contributed by atoms with Crippen LogP contribution in [0.4, 0.5) is 0 Å². The number of rotatable bonds is 5. The van der Waals surface area contributed by atoms with E-state index in [-0.39, 0.29) is 17.7 Å². The van der Waals surface area contributed by atoms with Crippen molar-refractivity contribution in [3.8, 4) is 5.75 Å². The molecule has 0 bridgehead atoms. The number of piperazine rings is 1. The molecular formula is C16H22N2O3. The molecule has 2 atom stereocenters. The molecule has 2 rings (SSSR count). The van der Waals surface area contributed by atoms with Gasteiger partial charge in [-0.25, -0.2) is 0 Å². The maximum absolute atomic E-state index is 12.4. The third-order valence-electron chi connectivity index (χ3n) is 3.70. The number of nitrogens with zero attached hydrogens (tertiary/aromatic N) is 1. The fraction of sp³-hybridized carbons (Fsp3) is 0.500. The average molecular weight is 290 g/mol. The van der Waals surface area contributed by atoms with Crippen molar-refractivity contribution in [2.45, 2.75) is 32.9 Å². The molecule has 21 heavy (non-hydrogen) atoms. The molecule has 1 aromatic carbocycles. The number of carbonyl (C=O) groups is 2. The van der Waals surface area contributed by atoms with Crippen molar-refractivity contribution in [1.82, 2.24) is 10.2 Å². The molecule has 0 radical (unpaired) electrons. The van der Waals surface area contributed by atoms with E-state index >= 15 is 0 Å². The minimum absolute atomic E-state index is 0.0336. The van der Waals surface area contributed by atoms with Gasteiger partial charge >= 0.3 is 0 Å². The van der Waals surface area contributed by atoms with Crippen LogP contribution in [-0.4, -0.2) is 41.9 Å². The number of hydrogen-bond acceptors (Lipinski definition) is 3. The Morgan fingerprint density at radius 3 is 2.52 bits per heavy atom. The maximum atomic E-state index is 12.4. The number of carbonyl (C=O) groups excluding carboxylic acids is 2. The van der Waals surface area contributed by atoms with Gasteiger partial charge in [-0.3, -0.25) is 9.59 Å². The Hall–Kier alpha value is -2.04. The van der Waals surface area contributed by atoms with Crippen molar-refractivity contribution >= 4 is 11.8 Å². The zero-order valence-electron chi connectivity index (χ0n) is 12.7. The lowest BCUT2D eigenvalue weighted by Gasteiger charge is -2.38. The minimum Gasteiger partial charge on any atom is -0.492 e.